The third-order valence-electron chi connectivity index (χ3n) is 4.42. The van der Waals surface area contributed by atoms with Crippen LogP contribution in [0.5, 0.6) is 5.75 Å². The molecule has 28 heavy (non-hydrogen) atoms. The van der Waals surface area contributed by atoms with Gasteiger partial charge in [-0.2, -0.15) is 0 Å². The molecule has 2 rings (SSSR count). The van der Waals surface area contributed by atoms with Crippen molar-refractivity contribution in [3.8, 4) is 5.75 Å². The van der Waals surface area contributed by atoms with E-state index < -0.39 is 10.0 Å². The van der Waals surface area contributed by atoms with E-state index in [1.165, 1.54) is 31.9 Å². The molecule has 152 valence electrons. The minimum absolute atomic E-state index is 0.159. The van der Waals surface area contributed by atoms with Gasteiger partial charge in [-0.1, -0.05) is 0 Å². The van der Waals surface area contributed by atoms with Gasteiger partial charge in [-0.05, 0) is 68.3 Å². The summed E-state index contributed by atoms with van der Waals surface area (Å²) in [7, 11) is 0.984. The maximum absolute atomic E-state index is 12.7. The van der Waals surface area contributed by atoms with Gasteiger partial charge in [-0.25, -0.2) is 12.7 Å². The van der Waals surface area contributed by atoms with Crippen molar-refractivity contribution in [1.82, 2.24) is 4.31 Å². The number of thioether (sulfide) groups is 1. The number of rotatable bonds is 7. The van der Waals surface area contributed by atoms with Crippen molar-refractivity contribution in [2.45, 2.75) is 35.8 Å². The molecule has 0 fully saturated rings. The van der Waals surface area contributed by atoms with Crippen molar-refractivity contribution < 1.29 is 17.9 Å². The number of nitrogens with one attached hydrogen (secondary N) is 1. The fourth-order valence-corrected chi connectivity index (χ4v) is 4.34. The topological polar surface area (TPSA) is 75.7 Å². The van der Waals surface area contributed by atoms with Crippen molar-refractivity contribution in [2.24, 2.45) is 0 Å². The van der Waals surface area contributed by atoms with E-state index >= 15 is 0 Å². The maximum Gasteiger partial charge on any atom is 0.242 e. The number of carbonyl (C=O) groups excluding carboxylic acids is 1. The molecule has 0 aromatic heterocycles. The largest absolute Gasteiger partial charge is 0.497 e. The Kier molecular flexibility index (Phi) is 7.14. The van der Waals surface area contributed by atoms with E-state index in [2.05, 4.69) is 5.32 Å². The third kappa shape index (κ3) is 5.06. The van der Waals surface area contributed by atoms with Crippen LogP contribution in [-0.4, -0.2) is 45.1 Å². The van der Waals surface area contributed by atoms with E-state index in [9.17, 15) is 13.2 Å². The minimum atomic E-state index is -3.58. The lowest BCUT2D eigenvalue weighted by Gasteiger charge is -2.18. The highest BCUT2D eigenvalue weighted by Crippen LogP contribution is 2.29. The summed E-state index contributed by atoms with van der Waals surface area (Å²) in [5.41, 5.74) is 2.15. The Labute approximate surface area is 171 Å². The lowest BCUT2D eigenvalue weighted by molar-refractivity contribution is -0.115. The first kappa shape index (κ1) is 22.3. The zero-order valence-corrected chi connectivity index (χ0v) is 18.6. The third-order valence-corrected chi connectivity index (χ3v) is 7.32. The average Bonchev–Trinajstić information content (AvgIpc) is 2.65. The molecule has 1 unspecified atom stereocenters. The van der Waals surface area contributed by atoms with Crippen molar-refractivity contribution in [3.05, 3.63) is 47.5 Å². The van der Waals surface area contributed by atoms with Crippen LogP contribution in [0.1, 0.15) is 18.1 Å². The van der Waals surface area contributed by atoms with Gasteiger partial charge in [-0.15, -0.1) is 11.8 Å². The summed E-state index contributed by atoms with van der Waals surface area (Å²) in [4.78, 5) is 13.8. The summed E-state index contributed by atoms with van der Waals surface area (Å²) in [5.74, 6) is 0.564. The van der Waals surface area contributed by atoms with Gasteiger partial charge in [0.1, 0.15) is 5.75 Å². The first-order chi connectivity index (χ1) is 13.1. The number of ether oxygens (including phenoxy) is 1. The molecule has 0 aliphatic heterocycles. The number of nitrogens with zero attached hydrogens (tertiary/aromatic N) is 1. The molecule has 0 saturated heterocycles. The molecule has 1 amide bonds. The summed E-state index contributed by atoms with van der Waals surface area (Å²) in [6, 6.07) is 10.6. The van der Waals surface area contributed by atoms with Crippen LogP contribution in [0.15, 0.2) is 46.2 Å². The molecule has 2 aromatic rings. The molecule has 1 atom stereocenters. The summed E-state index contributed by atoms with van der Waals surface area (Å²) in [5, 5.41) is 2.52. The molecule has 2 aromatic carbocycles. The van der Waals surface area contributed by atoms with E-state index in [1.54, 1.807) is 13.2 Å². The van der Waals surface area contributed by atoms with Crippen LogP contribution >= 0.6 is 11.8 Å². The van der Waals surface area contributed by atoms with Gasteiger partial charge in [0.25, 0.3) is 0 Å². The van der Waals surface area contributed by atoms with Crippen molar-refractivity contribution in [1.29, 1.82) is 0 Å². The minimum Gasteiger partial charge on any atom is -0.497 e. The first-order valence-electron chi connectivity index (χ1n) is 8.71. The number of hydrogen-bond acceptors (Lipinski definition) is 5. The fourth-order valence-electron chi connectivity index (χ4n) is 2.46. The molecular formula is C20H26N2O4S2. The Morgan fingerprint density at radius 2 is 1.75 bits per heavy atom. The highest BCUT2D eigenvalue weighted by molar-refractivity contribution is 8.00. The van der Waals surface area contributed by atoms with Crippen LogP contribution in [0.4, 0.5) is 5.69 Å². The van der Waals surface area contributed by atoms with Crippen LogP contribution in [-0.2, 0) is 14.8 Å². The lowest BCUT2D eigenvalue weighted by atomic mass is 10.1. The van der Waals surface area contributed by atoms with Crippen LogP contribution in [0.25, 0.3) is 0 Å². The predicted octanol–water partition coefficient (Wildman–Crippen LogP) is 3.68. The molecule has 0 saturated carbocycles. The number of carbonyl (C=O) groups is 1. The Hall–Kier alpha value is -2.03. The zero-order valence-electron chi connectivity index (χ0n) is 16.9. The van der Waals surface area contributed by atoms with Crippen LogP contribution < -0.4 is 10.1 Å². The Morgan fingerprint density at radius 1 is 1.14 bits per heavy atom. The molecule has 8 heteroatoms. The van der Waals surface area contributed by atoms with Crippen LogP contribution in [0.3, 0.4) is 0 Å². The number of amides is 1. The summed E-state index contributed by atoms with van der Waals surface area (Å²) in [6.07, 6.45) is 0. The standard InChI is InChI=1S/C20H26N2O4S2/c1-13-11-18(28(24,25)22(4)5)12-19(14(13)2)21-20(23)15(3)27-17-9-7-16(26-6)8-10-17/h7-12,15H,1-6H3,(H,21,23). The van der Waals surface area contributed by atoms with E-state index in [0.717, 1.165) is 26.1 Å². The molecule has 1 N–H and O–H groups in total. The summed E-state index contributed by atoms with van der Waals surface area (Å²) in [6.45, 7) is 5.50. The summed E-state index contributed by atoms with van der Waals surface area (Å²) < 4.78 is 31.2. The fraction of sp³-hybridized carbons (Fsp3) is 0.350. The number of methoxy groups -OCH3 is 1. The van der Waals surface area contributed by atoms with Crippen molar-refractivity contribution in [2.75, 3.05) is 26.5 Å². The van der Waals surface area contributed by atoms with E-state index in [4.69, 9.17) is 4.74 Å². The lowest BCUT2D eigenvalue weighted by Crippen LogP contribution is -2.25. The molecule has 0 bridgehead atoms. The summed E-state index contributed by atoms with van der Waals surface area (Å²) >= 11 is 1.42. The van der Waals surface area contributed by atoms with Gasteiger partial charge in [-0.3, -0.25) is 4.79 Å². The predicted molar refractivity (Wildman–Crippen MR) is 114 cm³/mol. The number of aryl methyl sites for hydroxylation is 1. The van der Waals surface area contributed by atoms with Crippen LogP contribution in [0.2, 0.25) is 0 Å². The number of hydrogen-bond donors (Lipinski definition) is 1. The molecule has 0 aliphatic carbocycles. The van der Waals surface area contributed by atoms with Crippen molar-refractivity contribution in [3.63, 3.8) is 0 Å². The molecule has 0 radical (unpaired) electrons. The monoisotopic (exact) mass is 422 g/mol. The second-order valence-electron chi connectivity index (χ2n) is 6.63. The van der Waals surface area contributed by atoms with E-state index in [0.29, 0.717) is 5.69 Å². The highest BCUT2D eigenvalue weighted by Gasteiger charge is 2.21. The number of anilines is 1. The van der Waals surface area contributed by atoms with Gasteiger partial charge in [0.2, 0.25) is 15.9 Å². The number of benzene rings is 2. The zero-order chi connectivity index (χ0) is 21.1. The average molecular weight is 423 g/mol. The van der Waals surface area contributed by atoms with Gasteiger partial charge in [0, 0.05) is 24.7 Å². The normalized spacial score (nSPS) is 12.7. The first-order valence-corrected chi connectivity index (χ1v) is 11.0. The molecule has 0 heterocycles. The molecular weight excluding hydrogens is 396 g/mol. The molecule has 0 aliphatic rings. The second kappa shape index (κ2) is 8.98. The Bertz CT molecular complexity index is 955. The van der Waals surface area contributed by atoms with Crippen molar-refractivity contribution >= 4 is 33.4 Å². The van der Waals surface area contributed by atoms with Gasteiger partial charge in [0.05, 0.1) is 17.3 Å². The maximum atomic E-state index is 12.7. The Morgan fingerprint density at radius 3 is 2.29 bits per heavy atom. The quantitative estimate of drug-likeness (QED) is 0.689. The molecule has 6 nitrogen and oxygen atoms in total. The van der Waals surface area contributed by atoms with Gasteiger partial charge < -0.3 is 10.1 Å². The number of sulfonamides is 1. The van der Waals surface area contributed by atoms with E-state index in [1.807, 2.05) is 45.0 Å². The van der Waals surface area contributed by atoms with Crippen LogP contribution in [0, 0.1) is 13.8 Å². The van der Waals surface area contributed by atoms with E-state index in [-0.39, 0.29) is 16.1 Å². The van der Waals surface area contributed by atoms with Gasteiger partial charge >= 0.3 is 0 Å². The smallest absolute Gasteiger partial charge is 0.242 e. The van der Waals surface area contributed by atoms with Gasteiger partial charge in [0.15, 0.2) is 0 Å². The SMILES string of the molecule is COc1ccc(SC(C)C(=O)Nc2cc(S(=O)(=O)N(C)C)cc(C)c2C)cc1. The molecule has 0 spiro atoms. The highest BCUT2D eigenvalue weighted by atomic mass is 32.2. The second-order valence-corrected chi connectivity index (χ2v) is 10.2. The Balaban J connectivity index is 2.21.